The quantitative estimate of drug-likeness (QED) is 0.862. The number of likely N-dealkylation sites (tertiary alicyclic amines) is 1. The van der Waals surface area contributed by atoms with Crippen LogP contribution in [0.3, 0.4) is 0 Å². The maximum atomic E-state index is 5.94. The monoisotopic (exact) mass is 268 g/mol. The molecule has 6 nitrogen and oxygen atoms in total. The summed E-state index contributed by atoms with van der Waals surface area (Å²) in [5.41, 5.74) is 5.39. The standard InChI is InChI=1S/C13H24N4O2/c1-13(2,14)12-15-11(19-16-12)8-17-6-4-10(5-7-17)9-18-3/h10H,4-9,14H2,1-3H3. The van der Waals surface area contributed by atoms with Gasteiger partial charge in [-0.2, -0.15) is 4.98 Å². The fourth-order valence-corrected chi connectivity index (χ4v) is 2.32. The maximum Gasteiger partial charge on any atom is 0.240 e. The van der Waals surface area contributed by atoms with Gasteiger partial charge in [0.25, 0.3) is 0 Å². The van der Waals surface area contributed by atoms with Crippen LogP contribution < -0.4 is 5.73 Å². The SMILES string of the molecule is COCC1CCN(Cc2nc(C(C)(C)N)no2)CC1. The average molecular weight is 268 g/mol. The summed E-state index contributed by atoms with van der Waals surface area (Å²) in [4.78, 5) is 6.70. The summed E-state index contributed by atoms with van der Waals surface area (Å²) >= 11 is 0. The van der Waals surface area contributed by atoms with E-state index in [-0.39, 0.29) is 0 Å². The Labute approximate surface area is 114 Å². The number of piperidine rings is 1. The Hall–Kier alpha value is -0.980. The number of ether oxygens (including phenoxy) is 1. The van der Waals surface area contributed by atoms with Gasteiger partial charge in [0.15, 0.2) is 5.82 Å². The van der Waals surface area contributed by atoms with Crippen LogP contribution in [0.2, 0.25) is 0 Å². The third-order valence-corrected chi connectivity index (χ3v) is 3.51. The van der Waals surface area contributed by atoms with E-state index in [1.54, 1.807) is 7.11 Å². The average Bonchev–Trinajstić information content (AvgIpc) is 2.80. The van der Waals surface area contributed by atoms with Gasteiger partial charge in [-0.1, -0.05) is 5.16 Å². The second kappa shape index (κ2) is 5.98. The molecule has 2 rings (SSSR count). The van der Waals surface area contributed by atoms with Gasteiger partial charge in [0, 0.05) is 13.7 Å². The summed E-state index contributed by atoms with van der Waals surface area (Å²) in [6, 6.07) is 0. The van der Waals surface area contributed by atoms with Gasteiger partial charge in [-0.05, 0) is 45.7 Å². The Bertz CT molecular complexity index is 392. The van der Waals surface area contributed by atoms with Crippen molar-refractivity contribution in [1.29, 1.82) is 0 Å². The number of aromatic nitrogens is 2. The molecule has 6 heteroatoms. The van der Waals surface area contributed by atoms with Gasteiger partial charge < -0.3 is 15.0 Å². The van der Waals surface area contributed by atoms with Gasteiger partial charge in [0.05, 0.1) is 12.1 Å². The van der Waals surface area contributed by atoms with Gasteiger partial charge in [-0.3, -0.25) is 4.90 Å². The lowest BCUT2D eigenvalue weighted by molar-refractivity contribution is 0.0920. The van der Waals surface area contributed by atoms with Crippen molar-refractivity contribution >= 4 is 0 Å². The lowest BCUT2D eigenvalue weighted by Crippen LogP contribution is -2.34. The molecule has 1 fully saturated rings. The molecule has 0 spiro atoms. The molecule has 1 aliphatic heterocycles. The van der Waals surface area contributed by atoms with Gasteiger partial charge in [0.2, 0.25) is 5.89 Å². The molecule has 1 aromatic heterocycles. The minimum Gasteiger partial charge on any atom is -0.384 e. The van der Waals surface area contributed by atoms with Crippen LogP contribution in [0, 0.1) is 5.92 Å². The Morgan fingerprint density at radius 2 is 2.11 bits per heavy atom. The topological polar surface area (TPSA) is 77.4 Å². The van der Waals surface area contributed by atoms with Crippen molar-refractivity contribution in [3.63, 3.8) is 0 Å². The van der Waals surface area contributed by atoms with Crippen molar-refractivity contribution in [3.8, 4) is 0 Å². The number of nitrogens with two attached hydrogens (primary N) is 1. The number of hydrogen-bond donors (Lipinski definition) is 1. The van der Waals surface area contributed by atoms with Crippen LogP contribution in [-0.2, 0) is 16.8 Å². The molecule has 19 heavy (non-hydrogen) atoms. The van der Waals surface area contributed by atoms with Crippen LogP contribution in [0.15, 0.2) is 4.52 Å². The number of nitrogens with zero attached hydrogens (tertiary/aromatic N) is 3. The molecule has 0 saturated carbocycles. The first-order chi connectivity index (χ1) is 8.99. The van der Waals surface area contributed by atoms with E-state index in [2.05, 4.69) is 15.0 Å². The van der Waals surface area contributed by atoms with Crippen LogP contribution in [0.25, 0.3) is 0 Å². The molecular formula is C13H24N4O2. The summed E-state index contributed by atoms with van der Waals surface area (Å²) < 4.78 is 10.5. The third-order valence-electron chi connectivity index (χ3n) is 3.51. The summed E-state index contributed by atoms with van der Waals surface area (Å²) in [5.74, 6) is 1.90. The van der Waals surface area contributed by atoms with Crippen LogP contribution in [0.1, 0.15) is 38.4 Å². The Morgan fingerprint density at radius 3 is 2.63 bits per heavy atom. The van der Waals surface area contributed by atoms with Crippen LogP contribution in [0.4, 0.5) is 0 Å². The summed E-state index contributed by atoms with van der Waals surface area (Å²) in [6.07, 6.45) is 2.33. The third kappa shape index (κ3) is 3.99. The Balaban J connectivity index is 1.84. The normalized spacial score (nSPS) is 18.9. The van der Waals surface area contributed by atoms with E-state index in [1.165, 1.54) is 0 Å². The van der Waals surface area contributed by atoms with Gasteiger partial charge in [-0.25, -0.2) is 0 Å². The Morgan fingerprint density at radius 1 is 1.42 bits per heavy atom. The highest BCUT2D eigenvalue weighted by atomic mass is 16.5. The smallest absolute Gasteiger partial charge is 0.240 e. The number of rotatable bonds is 5. The van der Waals surface area contributed by atoms with Gasteiger partial charge in [-0.15, -0.1) is 0 Å². The Kier molecular flexibility index (Phi) is 4.54. The molecule has 0 unspecified atom stereocenters. The van der Waals surface area contributed by atoms with Crippen molar-refractivity contribution in [2.75, 3.05) is 26.8 Å². The molecule has 2 N–H and O–H groups in total. The minimum atomic E-state index is -0.548. The highest BCUT2D eigenvalue weighted by Gasteiger charge is 2.24. The molecule has 0 amide bonds. The van der Waals surface area contributed by atoms with Gasteiger partial charge >= 0.3 is 0 Å². The minimum absolute atomic E-state index is 0.548. The fourth-order valence-electron chi connectivity index (χ4n) is 2.32. The molecular weight excluding hydrogens is 244 g/mol. The van der Waals surface area contributed by atoms with E-state index < -0.39 is 5.54 Å². The highest BCUT2D eigenvalue weighted by Crippen LogP contribution is 2.19. The predicted octanol–water partition coefficient (Wildman–Crippen LogP) is 1.12. The molecule has 1 saturated heterocycles. The van der Waals surface area contributed by atoms with Crippen molar-refractivity contribution in [3.05, 3.63) is 11.7 Å². The fraction of sp³-hybridized carbons (Fsp3) is 0.846. The van der Waals surface area contributed by atoms with Crippen molar-refractivity contribution in [2.45, 2.75) is 38.8 Å². The lowest BCUT2D eigenvalue weighted by atomic mass is 9.98. The lowest BCUT2D eigenvalue weighted by Gasteiger charge is -2.30. The molecule has 0 bridgehead atoms. The highest BCUT2D eigenvalue weighted by molar-refractivity contribution is 4.99. The first-order valence-electron chi connectivity index (χ1n) is 6.82. The van der Waals surface area contributed by atoms with E-state index in [0.29, 0.717) is 24.2 Å². The maximum absolute atomic E-state index is 5.94. The van der Waals surface area contributed by atoms with E-state index in [1.807, 2.05) is 13.8 Å². The second-order valence-electron chi connectivity index (χ2n) is 5.91. The predicted molar refractivity (Wildman–Crippen MR) is 71.4 cm³/mol. The molecule has 1 aromatic rings. The van der Waals surface area contributed by atoms with E-state index in [4.69, 9.17) is 15.0 Å². The first-order valence-corrected chi connectivity index (χ1v) is 6.82. The van der Waals surface area contributed by atoms with Crippen LogP contribution in [-0.4, -0.2) is 41.8 Å². The molecule has 0 atom stereocenters. The van der Waals surface area contributed by atoms with Crippen LogP contribution in [0.5, 0.6) is 0 Å². The molecule has 0 aromatic carbocycles. The largest absolute Gasteiger partial charge is 0.384 e. The first kappa shape index (κ1) is 14.4. The summed E-state index contributed by atoms with van der Waals surface area (Å²) in [7, 11) is 1.76. The summed E-state index contributed by atoms with van der Waals surface area (Å²) in [6.45, 7) is 7.42. The summed E-state index contributed by atoms with van der Waals surface area (Å²) in [5, 5.41) is 3.94. The van der Waals surface area contributed by atoms with Crippen molar-refractivity contribution in [1.82, 2.24) is 15.0 Å². The molecule has 108 valence electrons. The van der Waals surface area contributed by atoms with Crippen molar-refractivity contribution < 1.29 is 9.26 Å². The molecule has 2 heterocycles. The number of hydrogen-bond acceptors (Lipinski definition) is 6. The van der Waals surface area contributed by atoms with Crippen molar-refractivity contribution in [2.24, 2.45) is 11.7 Å². The zero-order chi connectivity index (χ0) is 13.9. The second-order valence-corrected chi connectivity index (χ2v) is 5.91. The van der Waals surface area contributed by atoms with E-state index in [9.17, 15) is 0 Å². The van der Waals surface area contributed by atoms with E-state index >= 15 is 0 Å². The molecule has 0 aliphatic carbocycles. The zero-order valence-corrected chi connectivity index (χ0v) is 12.1. The molecule has 1 aliphatic rings. The molecule has 0 radical (unpaired) electrons. The number of methoxy groups -OCH3 is 1. The zero-order valence-electron chi connectivity index (χ0n) is 12.1. The van der Waals surface area contributed by atoms with E-state index in [0.717, 1.165) is 32.5 Å². The van der Waals surface area contributed by atoms with Gasteiger partial charge in [0.1, 0.15) is 0 Å². The van der Waals surface area contributed by atoms with Crippen LogP contribution >= 0.6 is 0 Å².